The third kappa shape index (κ3) is 1.98. The van der Waals surface area contributed by atoms with Crippen molar-refractivity contribution in [3.63, 3.8) is 0 Å². The molecule has 0 saturated heterocycles. The lowest BCUT2D eigenvalue weighted by atomic mass is 9.88. The minimum Gasteiger partial charge on any atom is -0.311 e. The molecule has 1 N–H and O–H groups in total. The second-order valence-electron chi connectivity index (χ2n) is 4.84. The van der Waals surface area contributed by atoms with Crippen LogP contribution in [0.1, 0.15) is 37.9 Å². The molecule has 4 heteroatoms. The number of rotatable bonds is 3. The van der Waals surface area contributed by atoms with E-state index < -0.39 is 0 Å². The van der Waals surface area contributed by atoms with Crippen LogP contribution in [-0.2, 0) is 7.05 Å². The first-order valence-electron chi connectivity index (χ1n) is 5.99. The van der Waals surface area contributed by atoms with Gasteiger partial charge in [0.1, 0.15) is 0 Å². The van der Waals surface area contributed by atoms with E-state index in [0.717, 1.165) is 16.6 Å². The monoisotopic (exact) mass is 241 g/mol. The summed E-state index contributed by atoms with van der Waals surface area (Å²) >= 11 is 6.22. The zero-order valence-corrected chi connectivity index (χ0v) is 11.0. The number of nitrogens with zero attached hydrogens (tertiary/aromatic N) is 2. The summed E-state index contributed by atoms with van der Waals surface area (Å²) in [4.78, 5) is 0. The number of nitrogens with one attached hydrogen (secondary N) is 1. The summed E-state index contributed by atoms with van der Waals surface area (Å²) in [5.41, 5.74) is 1.13. The molecule has 16 heavy (non-hydrogen) atoms. The highest BCUT2D eigenvalue weighted by molar-refractivity contribution is 6.31. The maximum absolute atomic E-state index is 6.22. The molecule has 2 rings (SSSR count). The van der Waals surface area contributed by atoms with Crippen molar-refractivity contribution >= 4 is 11.6 Å². The van der Waals surface area contributed by atoms with E-state index in [1.807, 2.05) is 18.8 Å². The van der Waals surface area contributed by atoms with E-state index in [0.29, 0.717) is 12.0 Å². The highest BCUT2D eigenvalue weighted by Crippen LogP contribution is 2.41. The summed E-state index contributed by atoms with van der Waals surface area (Å²) < 4.78 is 1.90. The summed E-state index contributed by atoms with van der Waals surface area (Å²) in [5, 5.41) is 8.42. The Bertz CT molecular complexity index is 342. The Morgan fingerprint density at radius 2 is 2.31 bits per heavy atom. The van der Waals surface area contributed by atoms with E-state index in [9.17, 15) is 0 Å². The Balaban J connectivity index is 2.28. The molecule has 0 aromatic carbocycles. The Kier molecular flexibility index (Phi) is 3.55. The van der Waals surface area contributed by atoms with Crippen LogP contribution in [-0.4, -0.2) is 16.8 Å². The van der Waals surface area contributed by atoms with Gasteiger partial charge in [0.15, 0.2) is 0 Å². The summed E-state index contributed by atoms with van der Waals surface area (Å²) in [6.07, 6.45) is 5.69. The van der Waals surface area contributed by atoms with Crippen molar-refractivity contribution in [1.29, 1.82) is 0 Å². The number of hydrogen-bond acceptors (Lipinski definition) is 2. The van der Waals surface area contributed by atoms with Crippen LogP contribution in [0.3, 0.4) is 0 Å². The molecule has 1 aromatic rings. The van der Waals surface area contributed by atoms with Crippen molar-refractivity contribution in [2.24, 2.45) is 18.9 Å². The van der Waals surface area contributed by atoms with Crippen LogP contribution < -0.4 is 5.32 Å². The van der Waals surface area contributed by atoms with Crippen LogP contribution in [0.25, 0.3) is 0 Å². The van der Waals surface area contributed by atoms with E-state index in [4.69, 9.17) is 11.6 Å². The van der Waals surface area contributed by atoms with Gasteiger partial charge in [-0.3, -0.25) is 4.68 Å². The summed E-state index contributed by atoms with van der Waals surface area (Å²) in [7, 11) is 3.98. The van der Waals surface area contributed by atoms with Crippen molar-refractivity contribution in [3.8, 4) is 0 Å². The average Bonchev–Trinajstić information content (AvgIpc) is 2.80. The lowest BCUT2D eigenvalue weighted by Crippen LogP contribution is -2.29. The first-order valence-corrected chi connectivity index (χ1v) is 6.37. The van der Waals surface area contributed by atoms with Crippen LogP contribution in [0.15, 0.2) is 6.20 Å². The van der Waals surface area contributed by atoms with Gasteiger partial charge in [-0.2, -0.15) is 5.10 Å². The van der Waals surface area contributed by atoms with Crippen molar-refractivity contribution in [2.75, 3.05) is 7.05 Å². The summed E-state index contributed by atoms with van der Waals surface area (Å²) in [6, 6.07) is 0.331. The van der Waals surface area contributed by atoms with Crippen molar-refractivity contribution in [3.05, 3.63) is 16.9 Å². The Hall–Kier alpha value is -0.540. The maximum atomic E-state index is 6.22. The molecule has 3 nitrogen and oxygen atoms in total. The Morgan fingerprint density at radius 1 is 1.56 bits per heavy atom. The van der Waals surface area contributed by atoms with Gasteiger partial charge in [0.05, 0.1) is 23.0 Å². The van der Waals surface area contributed by atoms with Gasteiger partial charge in [0.2, 0.25) is 0 Å². The molecule has 90 valence electrons. The number of aromatic nitrogens is 2. The molecule has 3 unspecified atom stereocenters. The second kappa shape index (κ2) is 4.76. The molecule has 0 bridgehead atoms. The van der Waals surface area contributed by atoms with E-state index in [2.05, 4.69) is 17.3 Å². The predicted molar refractivity (Wildman–Crippen MR) is 66.5 cm³/mol. The molecule has 0 aliphatic heterocycles. The molecule has 1 aliphatic rings. The number of hydrogen-bond donors (Lipinski definition) is 1. The van der Waals surface area contributed by atoms with Gasteiger partial charge in [0.25, 0.3) is 0 Å². The third-order valence-electron chi connectivity index (χ3n) is 3.90. The highest BCUT2D eigenvalue weighted by Gasteiger charge is 2.33. The first kappa shape index (κ1) is 11.9. The SMILES string of the molecule is CNC(c1c(Cl)cnn1C)C1CCCC1C. The number of aryl methyl sites for hydroxylation is 1. The fourth-order valence-electron chi connectivity index (χ4n) is 2.99. The molecule has 0 spiro atoms. The van der Waals surface area contributed by atoms with Gasteiger partial charge in [0, 0.05) is 7.05 Å². The second-order valence-corrected chi connectivity index (χ2v) is 5.25. The minimum absolute atomic E-state index is 0.331. The van der Waals surface area contributed by atoms with Gasteiger partial charge >= 0.3 is 0 Å². The van der Waals surface area contributed by atoms with E-state index >= 15 is 0 Å². The van der Waals surface area contributed by atoms with E-state index in [-0.39, 0.29) is 0 Å². The van der Waals surface area contributed by atoms with Crippen LogP contribution in [0.2, 0.25) is 5.02 Å². The number of halogens is 1. The lowest BCUT2D eigenvalue weighted by Gasteiger charge is -2.27. The average molecular weight is 242 g/mol. The zero-order chi connectivity index (χ0) is 11.7. The third-order valence-corrected chi connectivity index (χ3v) is 4.19. The van der Waals surface area contributed by atoms with Crippen LogP contribution in [0.4, 0.5) is 0 Å². The van der Waals surface area contributed by atoms with Gasteiger partial charge in [-0.15, -0.1) is 0 Å². The Labute approximate surface area is 102 Å². The van der Waals surface area contributed by atoms with Crippen LogP contribution in [0.5, 0.6) is 0 Å². The van der Waals surface area contributed by atoms with Crippen LogP contribution >= 0.6 is 11.6 Å². The quantitative estimate of drug-likeness (QED) is 0.882. The predicted octanol–water partition coefficient (Wildman–Crippen LogP) is 2.77. The summed E-state index contributed by atoms with van der Waals surface area (Å²) in [5.74, 6) is 1.45. The molecule has 0 radical (unpaired) electrons. The van der Waals surface area contributed by atoms with Crippen molar-refractivity contribution in [2.45, 2.75) is 32.2 Å². The first-order chi connectivity index (χ1) is 7.65. The molecule has 1 fully saturated rings. The fraction of sp³-hybridized carbons (Fsp3) is 0.750. The molecule has 1 aliphatic carbocycles. The van der Waals surface area contributed by atoms with Crippen LogP contribution in [0, 0.1) is 11.8 Å². The zero-order valence-electron chi connectivity index (χ0n) is 10.2. The maximum Gasteiger partial charge on any atom is 0.0834 e. The molecular weight excluding hydrogens is 222 g/mol. The molecular formula is C12H20ClN3. The van der Waals surface area contributed by atoms with Crippen molar-refractivity contribution < 1.29 is 0 Å². The molecule has 3 atom stereocenters. The highest BCUT2D eigenvalue weighted by atomic mass is 35.5. The summed E-state index contributed by atoms with van der Waals surface area (Å²) in [6.45, 7) is 2.34. The van der Waals surface area contributed by atoms with Gasteiger partial charge < -0.3 is 5.32 Å². The van der Waals surface area contributed by atoms with Gasteiger partial charge in [-0.05, 0) is 25.3 Å². The topological polar surface area (TPSA) is 29.9 Å². The largest absolute Gasteiger partial charge is 0.311 e. The normalized spacial score (nSPS) is 27.2. The molecule has 1 heterocycles. The standard InChI is InChI=1S/C12H20ClN3/c1-8-5-4-6-9(8)11(14-2)12-10(13)7-15-16(12)3/h7-9,11,14H,4-6H2,1-3H3. The Morgan fingerprint density at radius 3 is 2.75 bits per heavy atom. The lowest BCUT2D eigenvalue weighted by molar-refractivity contribution is 0.304. The minimum atomic E-state index is 0.331. The van der Waals surface area contributed by atoms with E-state index in [1.54, 1.807) is 6.20 Å². The molecule has 0 amide bonds. The van der Waals surface area contributed by atoms with E-state index in [1.165, 1.54) is 19.3 Å². The smallest absolute Gasteiger partial charge is 0.0834 e. The molecule has 1 saturated carbocycles. The van der Waals surface area contributed by atoms with Crippen molar-refractivity contribution in [1.82, 2.24) is 15.1 Å². The van der Waals surface area contributed by atoms with Gasteiger partial charge in [-0.1, -0.05) is 31.4 Å². The molecule has 1 aromatic heterocycles. The van der Waals surface area contributed by atoms with Gasteiger partial charge in [-0.25, -0.2) is 0 Å². The fourth-order valence-corrected chi connectivity index (χ4v) is 3.28.